The fourth-order valence-electron chi connectivity index (χ4n) is 3.54. The van der Waals surface area contributed by atoms with Crippen LogP contribution in [-0.2, 0) is 6.54 Å². The van der Waals surface area contributed by atoms with E-state index in [2.05, 4.69) is 57.7 Å². The maximum atomic E-state index is 6.08. The Kier molecular flexibility index (Phi) is 4.86. The molecule has 2 heterocycles. The van der Waals surface area contributed by atoms with Gasteiger partial charge in [0, 0.05) is 48.0 Å². The molecule has 4 rings (SSSR count). The van der Waals surface area contributed by atoms with Crippen LogP contribution in [0.3, 0.4) is 0 Å². The molecule has 1 aliphatic heterocycles. The predicted octanol–water partition coefficient (Wildman–Crippen LogP) is 4.96. The van der Waals surface area contributed by atoms with E-state index in [0.29, 0.717) is 6.04 Å². The van der Waals surface area contributed by atoms with E-state index in [1.54, 1.807) is 0 Å². The Balaban J connectivity index is 1.39. The second-order valence-corrected chi connectivity index (χ2v) is 7.14. The van der Waals surface area contributed by atoms with Crippen LogP contribution >= 0.6 is 11.6 Å². The maximum Gasteiger partial charge on any atom is 0.0737 e. The molecule has 3 nitrogen and oxygen atoms in total. The number of rotatable bonds is 4. The van der Waals surface area contributed by atoms with Gasteiger partial charge in [-0.15, -0.1) is 0 Å². The number of likely N-dealkylation sites (tertiary alicyclic amines) is 1. The van der Waals surface area contributed by atoms with Crippen molar-refractivity contribution in [2.75, 3.05) is 18.4 Å². The van der Waals surface area contributed by atoms with Crippen LogP contribution < -0.4 is 5.32 Å². The molecule has 1 aliphatic rings. The molecule has 0 unspecified atom stereocenters. The number of fused-ring (bicyclic) bond motifs is 1. The molecule has 1 fully saturated rings. The van der Waals surface area contributed by atoms with Crippen molar-refractivity contribution in [1.29, 1.82) is 0 Å². The molecule has 0 bridgehead atoms. The van der Waals surface area contributed by atoms with Gasteiger partial charge in [0.05, 0.1) is 5.52 Å². The number of pyridine rings is 1. The largest absolute Gasteiger partial charge is 0.382 e. The van der Waals surface area contributed by atoms with E-state index in [4.69, 9.17) is 11.6 Å². The number of benzene rings is 2. The van der Waals surface area contributed by atoms with Crippen LogP contribution in [0.2, 0.25) is 5.02 Å². The first-order valence-electron chi connectivity index (χ1n) is 8.85. The molecule has 0 amide bonds. The van der Waals surface area contributed by atoms with E-state index in [-0.39, 0.29) is 0 Å². The molecule has 0 radical (unpaired) electrons. The third-order valence-electron chi connectivity index (χ3n) is 4.90. The van der Waals surface area contributed by atoms with Gasteiger partial charge in [0.1, 0.15) is 0 Å². The lowest BCUT2D eigenvalue weighted by atomic mass is 10.0. The minimum Gasteiger partial charge on any atom is -0.382 e. The Morgan fingerprint density at radius 2 is 1.84 bits per heavy atom. The topological polar surface area (TPSA) is 28.2 Å². The van der Waals surface area contributed by atoms with Crippen LogP contribution in [0.1, 0.15) is 18.4 Å². The molecular formula is C21H22ClN3. The molecule has 2 aromatic carbocycles. The molecule has 128 valence electrons. The van der Waals surface area contributed by atoms with Gasteiger partial charge in [0.25, 0.3) is 0 Å². The number of halogens is 1. The Hall–Kier alpha value is -2.10. The van der Waals surface area contributed by atoms with E-state index >= 15 is 0 Å². The second kappa shape index (κ2) is 7.42. The quantitative estimate of drug-likeness (QED) is 0.719. The lowest BCUT2D eigenvalue weighted by molar-refractivity contribution is 0.211. The van der Waals surface area contributed by atoms with Gasteiger partial charge in [0.2, 0.25) is 0 Å². The second-order valence-electron chi connectivity index (χ2n) is 6.70. The molecular weight excluding hydrogens is 330 g/mol. The van der Waals surface area contributed by atoms with E-state index in [1.807, 2.05) is 18.3 Å². The summed E-state index contributed by atoms with van der Waals surface area (Å²) >= 11 is 6.08. The Morgan fingerprint density at radius 1 is 1.04 bits per heavy atom. The molecule has 0 atom stereocenters. The molecule has 3 aromatic rings. The number of nitrogens with one attached hydrogen (secondary N) is 1. The van der Waals surface area contributed by atoms with Gasteiger partial charge in [-0.1, -0.05) is 41.9 Å². The van der Waals surface area contributed by atoms with Crippen molar-refractivity contribution in [2.45, 2.75) is 25.4 Å². The fourth-order valence-corrected chi connectivity index (χ4v) is 3.71. The van der Waals surface area contributed by atoms with Crippen LogP contribution in [0.4, 0.5) is 5.69 Å². The van der Waals surface area contributed by atoms with Gasteiger partial charge in [-0.05, 0) is 42.7 Å². The summed E-state index contributed by atoms with van der Waals surface area (Å²) in [4.78, 5) is 6.96. The van der Waals surface area contributed by atoms with Crippen molar-refractivity contribution >= 4 is 28.2 Å². The number of hydrogen-bond acceptors (Lipinski definition) is 3. The van der Waals surface area contributed by atoms with E-state index in [1.165, 1.54) is 5.56 Å². The lowest BCUT2D eigenvalue weighted by Gasteiger charge is -2.33. The summed E-state index contributed by atoms with van der Waals surface area (Å²) in [6, 6.07) is 19.2. The van der Waals surface area contributed by atoms with Gasteiger partial charge in [-0.3, -0.25) is 9.88 Å². The highest BCUT2D eigenvalue weighted by atomic mass is 35.5. The molecule has 1 saturated heterocycles. The number of nitrogens with zero attached hydrogens (tertiary/aromatic N) is 2. The van der Waals surface area contributed by atoms with E-state index < -0.39 is 0 Å². The summed E-state index contributed by atoms with van der Waals surface area (Å²) in [6.45, 7) is 3.30. The van der Waals surface area contributed by atoms with Crippen molar-refractivity contribution in [1.82, 2.24) is 9.88 Å². The average molecular weight is 352 g/mol. The summed E-state index contributed by atoms with van der Waals surface area (Å²) < 4.78 is 0. The molecule has 1 aromatic heterocycles. The first-order chi connectivity index (χ1) is 12.3. The predicted molar refractivity (Wildman–Crippen MR) is 105 cm³/mol. The molecule has 4 heteroatoms. The minimum atomic E-state index is 0.508. The number of piperidine rings is 1. The Bertz CT molecular complexity index is 842. The van der Waals surface area contributed by atoms with Crippen LogP contribution in [0, 0.1) is 0 Å². The van der Waals surface area contributed by atoms with Gasteiger partial charge in [-0.25, -0.2) is 0 Å². The van der Waals surface area contributed by atoms with E-state index in [0.717, 1.165) is 54.1 Å². The van der Waals surface area contributed by atoms with Crippen molar-refractivity contribution in [3.8, 4) is 0 Å². The standard InChI is InChI=1S/C21H22ClN3/c22-17-6-7-19-20(8-11-23-21(19)14-17)24-18-9-12-25(13-10-18)15-16-4-2-1-3-5-16/h1-8,11,14,18H,9-10,12-13,15H2,(H,23,24). The number of anilines is 1. The van der Waals surface area contributed by atoms with E-state index in [9.17, 15) is 0 Å². The minimum absolute atomic E-state index is 0.508. The van der Waals surface area contributed by atoms with Gasteiger partial charge < -0.3 is 5.32 Å². The highest BCUT2D eigenvalue weighted by Crippen LogP contribution is 2.26. The zero-order valence-corrected chi connectivity index (χ0v) is 14.9. The first kappa shape index (κ1) is 16.4. The summed E-state index contributed by atoms with van der Waals surface area (Å²) in [6.07, 6.45) is 4.17. The number of hydrogen-bond donors (Lipinski definition) is 1. The fraction of sp³-hybridized carbons (Fsp3) is 0.286. The zero-order chi connectivity index (χ0) is 17.1. The highest BCUT2D eigenvalue weighted by molar-refractivity contribution is 6.31. The van der Waals surface area contributed by atoms with Gasteiger partial charge >= 0.3 is 0 Å². The summed E-state index contributed by atoms with van der Waals surface area (Å²) in [5.74, 6) is 0. The highest BCUT2D eigenvalue weighted by Gasteiger charge is 2.19. The van der Waals surface area contributed by atoms with Gasteiger partial charge in [0.15, 0.2) is 0 Å². The normalized spacial score (nSPS) is 16.2. The van der Waals surface area contributed by atoms with Crippen LogP contribution in [0.25, 0.3) is 10.9 Å². The van der Waals surface area contributed by atoms with Gasteiger partial charge in [-0.2, -0.15) is 0 Å². The molecule has 0 spiro atoms. The molecule has 1 N–H and O–H groups in total. The third kappa shape index (κ3) is 3.94. The van der Waals surface area contributed by atoms with Crippen LogP contribution in [-0.4, -0.2) is 29.0 Å². The molecule has 25 heavy (non-hydrogen) atoms. The molecule has 0 aliphatic carbocycles. The van der Waals surface area contributed by atoms with Crippen molar-refractivity contribution in [2.24, 2.45) is 0 Å². The summed E-state index contributed by atoms with van der Waals surface area (Å²) in [5.41, 5.74) is 3.49. The monoisotopic (exact) mass is 351 g/mol. The summed E-state index contributed by atoms with van der Waals surface area (Å²) in [5, 5.41) is 5.58. The number of aromatic nitrogens is 1. The first-order valence-corrected chi connectivity index (χ1v) is 9.23. The van der Waals surface area contributed by atoms with Crippen molar-refractivity contribution in [3.05, 3.63) is 71.4 Å². The smallest absolute Gasteiger partial charge is 0.0737 e. The third-order valence-corrected chi connectivity index (χ3v) is 5.14. The van der Waals surface area contributed by atoms with Crippen LogP contribution in [0.5, 0.6) is 0 Å². The zero-order valence-electron chi connectivity index (χ0n) is 14.2. The average Bonchev–Trinajstić information content (AvgIpc) is 2.64. The lowest BCUT2D eigenvalue weighted by Crippen LogP contribution is -2.38. The van der Waals surface area contributed by atoms with Crippen LogP contribution in [0.15, 0.2) is 60.8 Å². The summed E-state index contributed by atoms with van der Waals surface area (Å²) in [7, 11) is 0. The SMILES string of the molecule is Clc1ccc2c(NC3CCN(Cc4ccccc4)CC3)ccnc2c1. The van der Waals surface area contributed by atoms with Crippen molar-refractivity contribution < 1.29 is 0 Å². The maximum absolute atomic E-state index is 6.08. The Labute approximate surface area is 153 Å². The molecule has 0 saturated carbocycles. The Morgan fingerprint density at radius 3 is 2.64 bits per heavy atom. The van der Waals surface area contributed by atoms with Crippen molar-refractivity contribution in [3.63, 3.8) is 0 Å².